The fourth-order valence-corrected chi connectivity index (χ4v) is 2.24. The van der Waals surface area contributed by atoms with Crippen LogP contribution in [0, 0.1) is 0 Å². The van der Waals surface area contributed by atoms with Gasteiger partial charge in [0.1, 0.15) is 23.9 Å². The molecule has 0 fully saturated rings. The fraction of sp³-hybridized carbons (Fsp3) is 0.412. The summed E-state index contributed by atoms with van der Waals surface area (Å²) >= 11 is 0. The van der Waals surface area contributed by atoms with Crippen molar-refractivity contribution in [3.05, 3.63) is 29.8 Å². The average molecular weight is 396 g/mol. The quantitative estimate of drug-likeness (QED) is 0.226. The van der Waals surface area contributed by atoms with E-state index >= 15 is 0 Å². The molecule has 0 aliphatic rings. The lowest BCUT2D eigenvalue weighted by atomic mass is 10.0. The molecule has 28 heavy (non-hydrogen) atoms. The summed E-state index contributed by atoms with van der Waals surface area (Å²) in [4.78, 5) is 47.1. The topological polar surface area (TPSA) is 205 Å². The first-order chi connectivity index (χ1) is 13.0. The number of aromatic hydroxyl groups is 1. The third-order valence-corrected chi connectivity index (χ3v) is 3.85. The van der Waals surface area contributed by atoms with Gasteiger partial charge in [0, 0.05) is 6.42 Å². The van der Waals surface area contributed by atoms with Gasteiger partial charge in [0.05, 0.1) is 12.5 Å². The molecule has 3 amide bonds. The summed E-state index contributed by atoms with van der Waals surface area (Å²) < 4.78 is 0. The van der Waals surface area contributed by atoms with Crippen molar-refractivity contribution in [2.24, 2.45) is 11.5 Å². The zero-order valence-electron chi connectivity index (χ0n) is 15.2. The maximum atomic E-state index is 12.4. The van der Waals surface area contributed by atoms with Gasteiger partial charge in [0.25, 0.3) is 0 Å². The first-order valence-corrected chi connectivity index (χ1v) is 8.34. The molecule has 0 heterocycles. The minimum atomic E-state index is -1.46. The van der Waals surface area contributed by atoms with Gasteiger partial charge in [-0.25, -0.2) is 4.79 Å². The Bertz CT molecular complexity index is 721. The predicted octanol–water partition coefficient (Wildman–Crippen LogP) is -2.43. The van der Waals surface area contributed by atoms with E-state index in [0.29, 0.717) is 5.56 Å². The third kappa shape index (κ3) is 7.21. The number of carboxylic acids is 1. The number of nitrogens with two attached hydrogens (primary N) is 2. The second-order valence-corrected chi connectivity index (χ2v) is 6.27. The lowest BCUT2D eigenvalue weighted by molar-refractivity contribution is -0.142. The van der Waals surface area contributed by atoms with E-state index < -0.39 is 54.3 Å². The van der Waals surface area contributed by atoms with Gasteiger partial charge in [0.2, 0.25) is 17.7 Å². The van der Waals surface area contributed by atoms with E-state index in [9.17, 15) is 34.5 Å². The van der Waals surface area contributed by atoms with Crippen LogP contribution in [0.4, 0.5) is 0 Å². The van der Waals surface area contributed by atoms with Gasteiger partial charge < -0.3 is 37.4 Å². The van der Waals surface area contributed by atoms with Crippen LogP contribution in [0.3, 0.4) is 0 Å². The molecule has 0 aromatic heterocycles. The number of phenols is 1. The highest BCUT2D eigenvalue weighted by Crippen LogP contribution is 2.11. The second kappa shape index (κ2) is 10.2. The number of aliphatic carboxylic acids is 1. The van der Waals surface area contributed by atoms with Crippen molar-refractivity contribution < 1.29 is 34.5 Å². The van der Waals surface area contributed by atoms with E-state index in [0.717, 1.165) is 0 Å². The van der Waals surface area contributed by atoms with Crippen molar-refractivity contribution >= 4 is 23.7 Å². The molecular weight excluding hydrogens is 372 g/mol. The molecule has 1 aromatic carbocycles. The molecule has 0 spiro atoms. The monoisotopic (exact) mass is 396 g/mol. The molecule has 0 saturated heterocycles. The first-order valence-electron chi connectivity index (χ1n) is 8.34. The van der Waals surface area contributed by atoms with Crippen molar-refractivity contribution in [3.8, 4) is 5.75 Å². The molecule has 1 aromatic rings. The summed E-state index contributed by atoms with van der Waals surface area (Å²) in [5.74, 6) is -4.10. The van der Waals surface area contributed by atoms with Gasteiger partial charge in [-0.05, 0) is 24.6 Å². The molecule has 0 aliphatic heterocycles. The SMILES string of the molecule is CC(O)C(N)C(=O)NC(CC(N)=O)C(=O)NC(Cc1ccc(O)cc1)C(=O)O. The molecule has 1 rings (SSSR count). The highest BCUT2D eigenvalue weighted by atomic mass is 16.4. The summed E-state index contributed by atoms with van der Waals surface area (Å²) in [7, 11) is 0. The van der Waals surface area contributed by atoms with Gasteiger partial charge in [-0.3, -0.25) is 14.4 Å². The lowest BCUT2D eigenvalue weighted by Crippen LogP contribution is -2.57. The van der Waals surface area contributed by atoms with Gasteiger partial charge in [-0.1, -0.05) is 12.1 Å². The zero-order valence-corrected chi connectivity index (χ0v) is 15.2. The minimum Gasteiger partial charge on any atom is -0.508 e. The Morgan fingerprint density at radius 1 is 1.04 bits per heavy atom. The number of aliphatic hydroxyl groups excluding tert-OH is 1. The lowest BCUT2D eigenvalue weighted by Gasteiger charge is -2.23. The van der Waals surface area contributed by atoms with E-state index in [1.54, 1.807) is 0 Å². The highest BCUT2D eigenvalue weighted by Gasteiger charge is 2.30. The third-order valence-electron chi connectivity index (χ3n) is 3.85. The maximum absolute atomic E-state index is 12.4. The van der Waals surface area contributed by atoms with Crippen LogP contribution in [0.15, 0.2) is 24.3 Å². The van der Waals surface area contributed by atoms with E-state index in [1.165, 1.54) is 31.2 Å². The van der Waals surface area contributed by atoms with Crippen LogP contribution < -0.4 is 22.1 Å². The number of phenolic OH excluding ortho intramolecular Hbond substituents is 1. The minimum absolute atomic E-state index is 0.00153. The van der Waals surface area contributed by atoms with E-state index in [2.05, 4.69) is 10.6 Å². The van der Waals surface area contributed by atoms with Crippen LogP contribution >= 0.6 is 0 Å². The number of primary amides is 1. The van der Waals surface area contributed by atoms with Crippen LogP contribution in [0.25, 0.3) is 0 Å². The molecule has 0 saturated carbocycles. The number of rotatable bonds is 10. The number of amides is 3. The molecule has 4 unspecified atom stereocenters. The molecule has 154 valence electrons. The number of aliphatic hydroxyl groups is 1. The van der Waals surface area contributed by atoms with Crippen LogP contribution in [0.5, 0.6) is 5.75 Å². The summed E-state index contributed by atoms with van der Waals surface area (Å²) in [5, 5.41) is 32.4. The van der Waals surface area contributed by atoms with Crippen molar-refractivity contribution in [2.75, 3.05) is 0 Å². The van der Waals surface area contributed by atoms with E-state index in [4.69, 9.17) is 11.5 Å². The fourth-order valence-electron chi connectivity index (χ4n) is 2.24. The van der Waals surface area contributed by atoms with E-state index in [1.807, 2.05) is 0 Å². The van der Waals surface area contributed by atoms with Gasteiger partial charge in [0.15, 0.2) is 0 Å². The van der Waals surface area contributed by atoms with E-state index in [-0.39, 0.29) is 12.2 Å². The molecule has 0 aliphatic carbocycles. The number of carboxylic acid groups (broad SMARTS) is 1. The number of hydrogen-bond acceptors (Lipinski definition) is 7. The van der Waals surface area contributed by atoms with Crippen LogP contribution in [-0.2, 0) is 25.6 Å². The number of carbonyl (C=O) groups excluding carboxylic acids is 3. The Kier molecular flexibility index (Phi) is 8.35. The Morgan fingerprint density at radius 3 is 2.04 bits per heavy atom. The number of carbonyl (C=O) groups is 4. The van der Waals surface area contributed by atoms with Crippen molar-refractivity contribution in [3.63, 3.8) is 0 Å². The Balaban J connectivity index is 2.89. The number of nitrogens with one attached hydrogen (secondary N) is 2. The standard InChI is InChI=1S/C17H24N4O7/c1-8(22)14(19)16(26)20-11(7-13(18)24)15(25)21-12(17(27)28)6-9-2-4-10(23)5-3-9/h2-5,8,11-12,14,22-23H,6-7,19H2,1H3,(H2,18,24)(H,20,26)(H,21,25)(H,27,28). The smallest absolute Gasteiger partial charge is 0.326 e. The molecule has 11 heteroatoms. The Morgan fingerprint density at radius 2 is 1.57 bits per heavy atom. The molecule has 11 nitrogen and oxygen atoms in total. The maximum Gasteiger partial charge on any atom is 0.326 e. The number of benzene rings is 1. The summed E-state index contributed by atoms with van der Waals surface area (Å²) in [6, 6.07) is 1.53. The van der Waals surface area contributed by atoms with Crippen LogP contribution in [0.2, 0.25) is 0 Å². The number of hydrogen-bond donors (Lipinski definition) is 7. The average Bonchev–Trinajstić information content (AvgIpc) is 2.60. The molecule has 4 atom stereocenters. The van der Waals surface area contributed by atoms with Crippen molar-refractivity contribution in [1.82, 2.24) is 10.6 Å². The van der Waals surface area contributed by atoms with Gasteiger partial charge in [-0.2, -0.15) is 0 Å². The second-order valence-electron chi connectivity index (χ2n) is 6.27. The van der Waals surface area contributed by atoms with Crippen LogP contribution in [-0.4, -0.2) is 63.2 Å². The summed E-state index contributed by atoms with van der Waals surface area (Å²) in [5.41, 5.74) is 11.1. The van der Waals surface area contributed by atoms with Gasteiger partial charge >= 0.3 is 5.97 Å². The summed E-state index contributed by atoms with van der Waals surface area (Å²) in [6.45, 7) is 1.27. The predicted molar refractivity (Wildman–Crippen MR) is 96.8 cm³/mol. The van der Waals surface area contributed by atoms with Gasteiger partial charge in [-0.15, -0.1) is 0 Å². The summed E-state index contributed by atoms with van der Waals surface area (Å²) in [6.07, 6.45) is -1.90. The molecule has 0 bridgehead atoms. The normalized spacial score (nSPS) is 15.0. The first kappa shape index (κ1) is 22.9. The Labute approximate surface area is 160 Å². The molecular formula is C17H24N4O7. The van der Waals surface area contributed by atoms with Crippen LogP contribution in [0.1, 0.15) is 18.9 Å². The van der Waals surface area contributed by atoms with Crippen molar-refractivity contribution in [2.45, 2.75) is 44.0 Å². The zero-order chi connectivity index (χ0) is 21.4. The Hall–Kier alpha value is -3.18. The molecule has 0 radical (unpaired) electrons. The largest absolute Gasteiger partial charge is 0.508 e. The van der Waals surface area contributed by atoms with Crippen molar-refractivity contribution in [1.29, 1.82) is 0 Å². The highest BCUT2D eigenvalue weighted by molar-refractivity contribution is 5.94. The molecule has 9 N–H and O–H groups in total.